The topological polar surface area (TPSA) is 63.4 Å². The number of hydrogen-bond donors (Lipinski definition) is 1. The fourth-order valence-electron chi connectivity index (χ4n) is 3.17. The largest absolute Gasteiger partial charge is 0.369 e. The van der Waals surface area contributed by atoms with Gasteiger partial charge in [0.25, 0.3) is 0 Å². The molecule has 0 aromatic carbocycles. The highest BCUT2D eigenvalue weighted by Crippen LogP contribution is 2.30. The predicted molar refractivity (Wildman–Crippen MR) is 69.9 cm³/mol. The van der Waals surface area contributed by atoms with Crippen LogP contribution in [0.15, 0.2) is 0 Å². The lowest BCUT2D eigenvalue weighted by Crippen LogP contribution is -2.39. The molecule has 1 aliphatic carbocycles. The number of carbonyl (C=O) groups is 2. The first-order valence-corrected chi connectivity index (χ1v) is 7.06. The number of primary amides is 1. The highest BCUT2D eigenvalue weighted by atomic mass is 16.1. The maximum absolute atomic E-state index is 12.2. The van der Waals surface area contributed by atoms with Crippen LogP contribution in [0.5, 0.6) is 0 Å². The molecular formula is C14H24N2O2. The Morgan fingerprint density at radius 1 is 1.28 bits per heavy atom. The third-order valence-corrected chi connectivity index (χ3v) is 4.59. The van der Waals surface area contributed by atoms with E-state index in [1.807, 2.05) is 6.92 Å². The van der Waals surface area contributed by atoms with Crippen LogP contribution in [-0.4, -0.2) is 36.2 Å². The van der Waals surface area contributed by atoms with E-state index < -0.39 is 5.41 Å². The number of hydrogen-bond acceptors (Lipinski definition) is 3. The molecule has 1 heterocycles. The van der Waals surface area contributed by atoms with Gasteiger partial charge >= 0.3 is 0 Å². The van der Waals surface area contributed by atoms with Crippen molar-refractivity contribution in [1.29, 1.82) is 0 Å². The summed E-state index contributed by atoms with van der Waals surface area (Å²) < 4.78 is 0. The van der Waals surface area contributed by atoms with Crippen LogP contribution in [0, 0.1) is 11.3 Å². The predicted octanol–water partition coefficient (Wildman–Crippen LogP) is 1.33. The number of rotatable bonds is 4. The highest BCUT2D eigenvalue weighted by Gasteiger charge is 2.39. The summed E-state index contributed by atoms with van der Waals surface area (Å²) >= 11 is 0. The molecule has 2 fully saturated rings. The average molecular weight is 252 g/mol. The normalized spacial score (nSPS) is 30.5. The maximum Gasteiger partial charge on any atom is 0.224 e. The van der Waals surface area contributed by atoms with Crippen molar-refractivity contribution in [2.24, 2.45) is 17.1 Å². The number of Topliss-reactive ketones (excluding diaryl/α,β-unsaturated/α-hetero) is 1. The van der Waals surface area contributed by atoms with Gasteiger partial charge in [0.1, 0.15) is 5.78 Å². The van der Waals surface area contributed by atoms with Gasteiger partial charge in [-0.25, -0.2) is 0 Å². The van der Waals surface area contributed by atoms with Crippen molar-refractivity contribution in [3.63, 3.8) is 0 Å². The monoisotopic (exact) mass is 252 g/mol. The molecule has 102 valence electrons. The van der Waals surface area contributed by atoms with Crippen LogP contribution in [-0.2, 0) is 9.59 Å². The molecule has 1 saturated heterocycles. The van der Waals surface area contributed by atoms with Crippen LogP contribution in [0.4, 0.5) is 0 Å². The van der Waals surface area contributed by atoms with Crippen LogP contribution in [0.3, 0.4) is 0 Å². The molecule has 2 rings (SSSR count). The van der Waals surface area contributed by atoms with Gasteiger partial charge in [0.15, 0.2) is 0 Å². The molecule has 0 aromatic heterocycles. The number of nitrogens with two attached hydrogens (primary N) is 1. The van der Waals surface area contributed by atoms with Gasteiger partial charge in [0.2, 0.25) is 5.91 Å². The highest BCUT2D eigenvalue weighted by molar-refractivity contribution is 5.84. The SMILES string of the molecule is CC1(C(N)=O)CCN(CC(=O)C2CCCCC2)C1. The van der Waals surface area contributed by atoms with Crippen molar-refractivity contribution in [2.75, 3.05) is 19.6 Å². The molecule has 4 nitrogen and oxygen atoms in total. The van der Waals surface area contributed by atoms with E-state index in [0.29, 0.717) is 18.9 Å². The second kappa shape index (κ2) is 5.39. The number of carbonyl (C=O) groups excluding carboxylic acids is 2. The summed E-state index contributed by atoms with van der Waals surface area (Å²) in [4.78, 5) is 25.6. The van der Waals surface area contributed by atoms with Crippen molar-refractivity contribution in [3.05, 3.63) is 0 Å². The van der Waals surface area contributed by atoms with Crippen molar-refractivity contribution in [1.82, 2.24) is 4.90 Å². The first kappa shape index (κ1) is 13.5. The number of nitrogens with zero attached hydrogens (tertiary/aromatic N) is 1. The third kappa shape index (κ3) is 2.91. The number of ketones is 1. The van der Waals surface area contributed by atoms with Crippen molar-refractivity contribution >= 4 is 11.7 Å². The summed E-state index contributed by atoms with van der Waals surface area (Å²) in [6.45, 7) is 3.87. The maximum atomic E-state index is 12.2. The minimum atomic E-state index is -0.438. The number of likely N-dealkylation sites (tertiary alicyclic amines) is 1. The van der Waals surface area contributed by atoms with Gasteiger partial charge in [0, 0.05) is 12.5 Å². The summed E-state index contributed by atoms with van der Waals surface area (Å²) in [6.07, 6.45) is 6.54. The van der Waals surface area contributed by atoms with Gasteiger partial charge in [-0.15, -0.1) is 0 Å². The molecule has 2 N–H and O–H groups in total. The summed E-state index contributed by atoms with van der Waals surface area (Å²) in [7, 11) is 0. The van der Waals surface area contributed by atoms with E-state index in [0.717, 1.165) is 25.8 Å². The Morgan fingerprint density at radius 2 is 1.94 bits per heavy atom. The summed E-state index contributed by atoms with van der Waals surface area (Å²) in [5, 5.41) is 0. The molecule has 1 aliphatic heterocycles. The molecule has 2 aliphatic rings. The lowest BCUT2D eigenvalue weighted by Gasteiger charge is -2.24. The molecule has 0 aromatic rings. The molecule has 1 amide bonds. The molecule has 4 heteroatoms. The minimum Gasteiger partial charge on any atom is -0.369 e. The van der Waals surface area contributed by atoms with Crippen LogP contribution in [0.2, 0.25) is 0 Å². The van der Waals surface area contributed by atoms with Gasteiger partial charge in [-0.05, 0) is 32.7 Å². The fraction of sp³-hybridized carbons (Fsp3) is 0.857. The Labute approximate surface area is 109 Å². The quantitative estimate of drug-likeness (QED) is 0.821. The standard InChI is InChI=1S/C14H24N2O2/c1-14(13(15)18)7-8-16(10-14)9-12(17)11-5-3-2-4-6-11/h11H,2-10H2,1H3,(H2,15,18). The second-order valence-electron chi connectivity index (χ2n) is 6.19. The molecule has 18 heavy (non-hydrogen) atoms. The lowest BCUT2D eigenvalue weighted by molar-refractivity contribution is -0.128. The number of amides is 1. The molecule has 0 radical (unpaired) electrons. The van der Waals surface area contributed by atoms with E-state index in [4.69, 9.17) is 5.73 Å². The van der Waals surface area contributed by atoms with Gasteiger partial charge < -0.3 is 5.73 Å². The average Bonchev–Trinajstić information content (AvgIpc) is 2.73. The van der Waals surface area contributed by atoms with Crippen molar-refractivity contribution < 1.29 is 9.59 Å². The third-order valence-electron chi connectivity index (χ3n) is 4.59. The molecule has 1 saturated carbocycles. The van der Waals surface area contributed by atoms with Crippen molar-refractivity contribution in [2.45, 2.75) is 45.4 Å². The summed E-state index contributed by atoms with van der Waals surface area (Å²) in [5.41, 5.74) is 4.98. The van der Waals surface area contributed by atoms with E-state index in [9.17, 15) is 9.59 Å². The van der Waals surface area contributed by atoms with E-state index in [1.165, 1.54) is 19.3 Å². The van der Waals surface area contributed by atoms with Gasteiger partial charge in [-0.3, -0.25) is 14.5 Å². The van der Waals surface area contributed by atoms with Crippen LogP contribution >= 0.6 is 0 Å². The van der Waals surface area contributed by atoms with Gasteiger partial charge in [0.05, 0.1) is 12.0 Å². The van der Waals surface area contributed by atoms with Gasteiger partial charge in [-0.2, -0.15) is 0 Å². The molecule has 1 unspecified atom stereocenters. The molecule has 0 spiro atoms. The van der Waals surface area contributed by atoms with Crippen LogP contribution in [0.25, 0.3) is 0 Å². The Bertz CT molecular complexity index is 337. The van der Waals surface area contributed by atoms with Crippen LogP contribution in [0.1, 0.15) is 45.4 Å². The van der Waals surface area contributed by atoms with Crippen molar-refractivity contribution in [3.8, 4) is 0 Å². The summed E-state index contributed by atoms with van der Waals surface area (Å²) in [5.74, 6) is 0.387. The Morgan fingerprint density at radius 3 is 2.50 bits per heavy atom. The van der Waals surface area contributed by atoms with Gasteiger partial charge in [-0.1, -0.05) is 19.3 Å². The Kier molecular flexibility index (Phi) is 4.05. The van der Waals surface area contributed by atoms with E-state index >= 15 is 0 Å². The summed E-state index contributed by atoms with van der Waals surface area (Å²) in [6, 6.07) is 0. The second-order valence-corrected chi connectivity index (χ2v) is 6.19. The minimum absolute atomic E-state index is 0.241. The zero-order valence-electron chi connectivity index (χ0n) is 11.3. The van der Waals surface area contributed by atoms with E-state index in [2.05, 4.69) is 4.90 Å². The molecule has 1 atom stereocenters. The first-order valence-electron chi connectivity index (χ1n) is 7.06. The Hall–Kier alpha value is -0.900. The molecule has 0 bridgehead atoms. The fourth-order valence-corrected chi connectivity index (χ4v) is 3.17. The zero-order chi connectivity index (χ0) is 13.2. The zero-order valence-corrected chi connectivity index (χ0v) is 11.3. The first-order chi connectivity index (χ1) is 8.51. The van der Waals surface area contributed by atoms with E-state index in [-0.39, 0.29) is 11.8 Å². The molecular weight excluding hydrogens is 228 g/mol. The smallest absolute Gasteiger partial charge is 0.224 e. The van der Waals surface area contributed by atoms with E-state index in [1.54, 1.807) is 0 Å². The Balaban J connectivity index is 1.84. The van der Waals surface area contributed by atoms with Crippen LogP contribution < -0.4 is 5.73 Å². The lowest BCUT2D eigenvalue weighted by atomic mass is 9.86.